The molecule has 15 heteroatoms. The van der Waals surface area contributed by atoms with Crippen LogP contribution >= 0.6 is 11.6 Å². The Bertz CT molecular complexity index is 2270. The van der Waals surface area contributed by atoms with E-state index in [0.29, 0.717) is 54.0 Å². The molecular formula is C44H47ClFN7O6. The van der Waals surface area contributed by atoms with Gasteiger partial charge in [0.2, 0.25) is 11.8 Å². The molecule has 59 heavy (non-hydrogen) atoms. The average molecular weight is 824 g/mol. The van der Waals surface area contributed by atoms with Gasteiger partial charge in [-0.3, -0.25) is 39.1 Å². The van der Waals surface area contributed by atoms with Gasteiger partial charge in [-0.1, -0.05) is 39.3 Å². The van der Waals surface area contributed by atoms with Crippen LogP contribution in [0.4, 0.5) is 15.8 Å². The summed E-state index contributed by atoms with van der Waals surface area (Å²) < 4.78 is 21.8. The van der Waals surface area contributed by atoms with Crippen molar-refractivity contribution in [3.05, 3.63) is 87.7 Å². The Labute approximate surface area is 347 Å². The summed E-state index contributed by atoms with van der Waals surface area (Å²) in [4.78, 5) is 71.5. The van der Waals surface area contributed by atoms with Crippen molar-refractivity contribution in [2.24, 2.45) is 16.7 Å². The maximum atomic E-state index is 15.5. The number of carbonyl (C=O) groups excluding carboxylic acids is 5. The van der Waals surface area contributed by atoms with Gasteiger partial charge in [-0.25, -0.2) is 4.39 Å². The van der Waals surface area contributed by atoms with Crippen molar-refractivity contribution in [3.8, 4) is 11.8 Å². The first-order valence-corrected chi connectivity index (χ1v) is 20.5. The Balaban J connectivity index is 0.819. The number of nitriles is 1. The monoisotopic (exact) mass is 823 g/mol. The van der Waals surface area contributed by atoms with Gasteiger partial charge < -0.3 is 19.9 Å². The number of hydrogen-bond donors (Lipinski definition) is 2. The first kappa shape index (κ1) is 40.3. The predicted octanol–water partition coefficient (Wildman–Crippen LogP) is 5.01. The summed E-state index contributed by atoms with van der Waals surface area (Å²) in [6, 6.07) is 16.1. The zero-order chi connectivity index (χ0) is 42.0. The lowest BCUT2D eigenvalue weighted by Gasteiger charge is -2.63. The molecule has 1 aliphatic carbocycles. The molecule has 2 N–H and O–H groups in total. The first-order chi connectivity index (χ1) is 28.1. The van der Waals surface area contributed by atoms with Gasteiger partial charge in [-0.05, 0) is 67.3 Å². The summed E-state index contributed by atoms with van der Waals surface area (Å²) in [5.41, 5.74) is 1.53. The van der Waals surface area contributed by atoms with Crippen molar-refractivity contribution in [2.45, 2.75) is 65.1 Å². The third-order valence-electron chi connectivity index (χ3n) is 12.9. The van der Waals surface area contributed by atoms with Gasteiger partial charge in [0.15, 0.2) is 0 Å². The van der Waals surface area contributed by atoms with Gasteiger partial charge in [-0.15, -0.1) is 0 Å². The normalized spacial score (nSPS) is 25.0. The number of imide groups is 2. The standard InChI is InChI=1S/C44H47ClFN7O6/c1-43(2)41(44(3,4)42(43)59-29-10-7-27(22-47)32(45)19-29)49-37(55)26-5-8-28(9-6-26)52-14-13-25(24-52)23-50-15-17-51(18-16-50)35-21-31-30(20-33(35)46)39(57)53(40(31)58)34-11-12-36(54)48-38(34)56/h5-10,19-21,25,34,41-42H,11-18,23-24H2,1-4H3,(H,49,55)(H,48,54,56)/t25?,34?,41-,42-. The minimum Gasteiger partial charge on any atom is -0.489 e. The first-order valence-electron chi connectivity index (χ1n) is 20.1. The fourth-order valence-electron chi connectivity index (χ4n) is 10.1. The number of halogens is 2. The minimum absolute atomic E-state index is 0.0120. The summed E-state index contributed by atoms with van der Waals surface area (Å²) in [7, 11) is 0. The van der Waals surface area contributed by atoms with E-state index < -0.39 is 35.5 Å². The number of carbonyl (C=O) groups is 5. The molecule has 4 heterocycles. The van der Waals surface area contributed by atoms with Crippen LogP contribution in [0.15, 0.2) is 54.6 Å². The summed E-state index contributed by atoms with van der Waals surface area (Å²) in [5, 5.41) is 15.0. The quantitative estimate of drug-likeness (QED) is 0.282. The lowest BCUT2D eigenvalue weighted by Crippen LogP contribution is -2.74. The molecule has 2 atom stereocenters. The molecule has 13 nitrogen and oxygen atoms in total. The van der Waals surface area contributed by atoms with Crippen LogP contribution in [0.5, 0.6) is 5.75 Å². The topological polar surface area (TPSA) is 155 Å². The molecular weight excluding hydrogens is 777 g/mol. The third kappa shape index (κ3) is 7.29. The molecule has 0 aromatic heterocycles. The van der Waals surface area contributed by atoms with Gasteiger partial charge in [0.05, 0.1) is 27.4 Å². The van der Waals surface area contributed by atoms with E-state index in [1.54, 1.807) is 18.2 Å². The van der Waals surface area contributed by atoms with Crippen molar-refractivity contribution < 1.29 is 33.1 Å². The van der Waals surface area contributed by atoms with E-state index in [1.165, 1.54) is 6.07 Å². The van der Waals surface area contributed by atoms with Gasteiger partial charge in [0.1, 0.15) is 29.8 Å². The minimum atomic E-state index is -1.11. The molecule has 2 unspecified atom stereocenters. The van der Waals surface area contributed by atoms with Gasteiger partial charge in [0.25, 0.3) is 17.7 Å². The third-order valence-corrected chi connectivity index (χ3v) is 13.3. The highest BCUT2D eigenvalue weighted by molar-refractivity contribution is 6.31. The highest BCUT2D eigenvalue weighted by Gasteiger charge is 2.64. The number of rotatable bonds is 9. The van der Waals surface area contributed by atoms with Crippen LogP contribution in [-0.2, 0) is 9.59 Å². The maximum absolute atomic E-state index is 15.5. The molecule has 3 aromatic rings. The van der Waals surface area contributed by atoms with Crippen molar-refractivity contribution in [2.75, 3.05) is 55.6 Å². The number of anilines is 2. The number of piperazine rings is 1. The van der Waals surface area contributed by atoms with E-state index in [4.69, 9.17) is 16.3 Å². The SMILES string of the molecule is CC1(C)[C@H](NC(=O)c2ccc(N3CCC(CN4CCN(c5cc6c(cc5F)C(=O)N(C5CCC(=O)NC5=O)C6=O)CC4)C3)cc2)C(C)(C)[C@H]1Oc1ccc(C#N)c(Cl)c1. The smallest absolute Gasteiger partial charge is 0.262 e. The number of hydrogen-bond acceptors (Lipinski definition) is 10. The van der Waals surface area contributed by atoms with Gasteiger partial charge in [-0.2, -0.15) is 5.26 Å². The summed E-state index contributed by atoms with van der Waals surface area (Å²) in [5.74, 6) is -2.27. The zero-order valence-electron chi connectivity index (χ0n) is 33.5. The van der Waals surface area contributed by atoms with Gasteiger partial charge >= 0.3 is 0 Å². The molecule has 3 saturated heterocycles. The lowest BCUT2D eigenvalue weighted by atomic mass is 9.49. The van der Waals surface area contributed by atoms with Crippen LogP contribution in [-0.4, -0.2) is 103 Å². The average Bonchev–Trinajstić information content (AvgIpc) is 3.77. The van der Waals surface area contributed by atoms with Crippen LogP contribution in [0.3, 0.4) is 0 Å². The summed E-state index contributed by atoms with van der Waals surface area (Å²) in [6.45, 7) is 13.5. The van der Waals surface area contributed by atoms with Gasteiger partial charge in [0, 0.05) is 86.4 Å². The van der Waals surface area contributed by atoms with Crippen LogP contribution in [0.1, 0.15) is 83.6 Å². The number of nitrogens with one attached hydrogen (secondary N) is 2. The molecule has 0 spiro atoms. The second kappa shape index (κ2) is 15.3. The second-order valence-corrected chi connectivity index (χ2v) is 17.9. The fourth-order valence-corrected chi connectivity index (χ4v) is 10.3. The number of nitrogens with zero attached hydrogens (tertiary/aromatic N) is 5. The van der Waals surface area contributed by atoms with Crippen LogP contribution in [0, 0.1) is 33.9 Å². The molecule has 5 aliphatic rings. The molecule has 8 rings (SSSR count). The molecule has 1 saturated carbocycles. The number of amides is 5. The van der Waals surface area contributed by atoms with Crippen LogP contribution in [0.2, 0.25) is 5.02 Å². The number of ether oxygens (including phenoxy) is 1. The second-order valence-electron chi connectivity index (χ2n) is 17.5. The summed E-state index contributed by atoms with van der Waals surface area (Å²) >= 11 is 6.25. The van der Waals surface area contributed by atoms with E-state index in [-0.39, 0.29) is 58.5 Å². The largest absolute Gasteiger partial charge is 0.489 e. The van der Waals surface area contributed by atoms with Crippen molar-refractivity contribution in [1.82, 2.24) is 20.4 Å². The Morgan fingerprint density at radius 2 is 1.59 bits per heavy atom. The van der Waals surface area contributed by atoms with Crippen molar-refractivity contribution >= 4 is 52.5 Å². The molecule has 4 aliphatic heterocycles. The Hall–Kier alpha value is -5.52. The van der Waals surface area contributed by atoms with E-state index in [9.17, 15) is 29.2 Å². The molecule has 0 bridgehead atoms. The van der Waals surface area contributed by atoms with E-state index in [0.717, 1.165) is 42.7 Å². The highest BCUT2D eigenvalue weighted by Crippen LogP contribution is 2.55. The number of fused-ring (bicyclic) bond motifs is 1. The molecule has 4 fully saturated rings. The number of benzene rings is 3. The van der Waals surface area contributed by atoms with E-state index in [1.807, 2.05) is 29.2 Å². The summed E-state index contributed by atoms with van der Waals surface area (Å²) in [6.07, 6.45) is 0.867. The molecule has 0 radical (unpaired) electrons. The number of piperidine rings is 1. The Morgan fingerprint density at radius 1 is 0.915 bits per heavy atom. The highest BCUT2D eigenvalue weighted by atomic mass is 35.5. The Kier molecular flexibility index (Phi) is 10.4. The maximum Gasteiger partial charge on any atom is 0.262 e. The van der Waals surface area contributed by atoms with Crippen LogP contribution in [0.25, 0.3) is 0 Å². The lowest BCUT2D eigenvalue weighted by molar-refractivity contribution is -0.164. The molecule has 308 valence electrons. The van der Waals surface area contributed by atoms with E-state index in [2.05, 4.69) is 54.2 Å². The molecule has 5 amide bonds. The zero-order valence-corrected chi connectivity index (χ0v) is 34.3. The predicted molar refractivity (Wildman–Crippen MR) is 218 cm³/mol. The van der Waals surface area contributed by atoms with E-state index >= 15 is 4.39 Å². The van der Waals surface area contributed by atoms with Crippen molar-refractivity contribution in [3.63, 3.8) is 0 Å². The molecule has 3 aromatic carbocycles. The van der Waals surface area contributed by atoms with Crippen molar-refractivity contribution in [1.29, 1.82) is 5.26 Å². The fraction of sp³-hybridized carbons (Fsp3) is 0.455. The van der Waals surface area contributed by atoms with Crippen LogP contribution < -0.4 is 25.2 Å². The Morgan fingerprint density at radius 3 is 2.24 bits per heavy atom.